The predicted molar refractivity (Wildman–Crippen MR) is 235 cm³/mol. The van der Waals surface area contributed by atoms with Gasteiger partial charge in [0.25, 0.3) is 0 Å². The average Bonchev–Trinajstić information content (AvgIpc) is 4.08. The molecule has 2 saturated carbocycles. The van der Waals surface area contributed by atoms with E-state index < -0.39 is 11.9 Å². The largest absolute Gasteiger partial charge is 0.462 e. The van der Waals surface area contributed by atoms with Crippen LogP contribution in [0.25, 0.3) is 20.3 Å². The van der Waals surface area contributed by atoms with E-state index in [4.69, 9.17) is 9.47 Å². The van der Waals surface area contributed by atoms with E-state index in [1.54, 1.807) is 26.1 Å². The van der Waals surface area contributed by atoms with E-state index in [9.17, 15) is 28.8 Å². The molecule has 2 aliphatic heterocycles. The fourth-order valence-electron chi connectivity index (χ4n) is 8.77. The fraction of sp³-hybridized carbons (Fsp3) is 0.533. The number of hydrogen-bond donors (Lipinski definition) is 2. The number of aromatic nitrogens is 1. The van der Waals surface area contributed by atoms with Crippen LogP contribution >= 0.6 is 22.7 Å². The van der Waals surface area contributed by atoms with E-state index >= 15 is 0 Å². The number of fused-ring (bicyclic) bond motifs is 2. The Bertz CT molecular complexity index is 2020. The number of amides is 4. The first-order valence-electron chi connectivity index (χ1n) is 21.6. The van der Waals surface area contributed by atoms with E-state index in [1.165, 1.54) is 22.7 Å². The van der Waals surface area contributed by atoms with Gasteiger partial charge in [0.05, 0.1) is 24.6 Å². The van der Waals surface area contributed by atoms with Gasteiger partial charge in [-0.25, -0.2) is 14.6 Å². The summed E-state index contributed by atoms with van der Waals surface area (Å²) in [4.78, 5) is 84.5. The molecule has 0 unspecified atom stereocenters. The number of carbonyl (C=O) groups is 6. The molecule has 2 N–H and O–H groups in total. The molecule has 4 amide bonds. The highest BCUT2D eigenvalue weighted by Crippen LogP contribution is 2.39. The Kier molecular flexibility index (Phi) is 15.7. The lowest BCUT2D eigenvalue weighted by Gasteiger charge is -2.34. The summed E-state index contributed by atoms with van der Waals surface area (Å²) < 4.78 is 11.3. The number of benzene rings is 1. The summed E-state index contributed by atoms with van der Waals surface area (Å²) in [5.41, 5.74) is 1.06. The van der Waals surface area contributed by atoms with E-state index in [0.717, 1.165) is 92.8 Å². The summed E-state index contributed by atoms with van der Waals surface area (Å²) in [7, 11) is 0. The van der Waals surface area contributed by atoms with Gasteiger partial charge in [0.1, 0.15) is 14.6 Å². The number of carbonyl (C=O) groups excluding carboxylic acids is 6. The van der Waals surface area contributed by atoms with Gasteiger partial charge in [-0.3, -0.25) is 19.2 Å². The second-order valence-corrected chi connectivity index (χ2v) is 17.3. The third kappa shape index (κ3) is 10.2. The third-order valence-corrected chi connectivity index (χ3v) is 14.0. The Hall–Kier alpha value is -4.89. The van der Waals surface area contributed by atoms with Gasteiger partial charge in [-0.2, -0.15) is 0 Å². The number of nitrogens with zero attached hydrogens (tertiary/aromatic N) is 3. The number of hydrogen-bond acceptors (Lipinski definition) is 11. The second-order valence-electron chi connectivity index (χ2n) is 15.3. The van der Waals surface area contributed by atoms with Crippen molar-refractivity contribution in [2.75, 3.05) is 36.9 Å². The average molecular weight is 860 g/mol. The number of pyridine rings is 1. The summed E-state index contributed by atoms with van der Waals surface area (Å²) in [6.45, 7) is 9.78. The highest BCUT2D eigenvalue weighted by atomic mass is 32.1. The van der Waals surface area contributed by atoms with Crippen LogP contribution in [0.2, 0.25) is 0 Å². The van der Waals surface area contributed by atoms with Gasteiger partial charge in [-0.1, -0.05) is 32.0 Å². The molecular formula is C45H57N5O8S2. The minimum atomic E-state index is -0.443. The molecule has 1 aromatic carbocycles. The number of anilines is 2. The summed E-state index contributed by atoms with van der Waals surface area (Å²) >= 11 is 2.58. The maximum atomic E-state index is 13.0. The second kappa shape index (κ2) is 21.1. The molecule has 60 heavy (non-hydrogen) atoms. The lowest BCUT2D eigenvalue weighted by molar-refractivity contribution is -0.131. The molecule has 4 aliphatic rings. The van der Waals surface area contributed by atoms with Crippen LogP contribution in [0.3, 0.4) is 0 Å². The number of ether oxygens (including phenoxy) is 2. The van der Waals surface area contributed by atoms with Crippen molar-refractivity contribution in [3.8, 4) is 0 Å². The van der Waals surface area contributed by atoms with Crippen molar-refractivity contribution < 1.29 is 38.2 Å². The molecule has 4 aromatic rings. The number of likely N-dealkylation sites (tertiary alicyclic amines) is 2. The SMILES string of the molecule is CC.CCOC(=O)c1sc2ccccc2c1NC(=O)C1CCC(N2CCCC2=O)CC1.CCOC(=O)c1sc2ncccc2c1NC(=O)C1CCC(N2CCCC2=O)CC1. The molecule has 0 spiro atoms. The quantitative estimate of drug-likeness (QED) is 0.148. The van der Waals surface area contributed by atoms with E-state index in [2.05, 4.69) is 15.6 Å². The highest BCUT2D eigenvalue weighted by Gasteiger charge is 2.36. The molecule has 2 saturated heterocycles. The Morgan fingerprint density at radius 2 is 1.13 bits per heavy atom. The summed E-state index contributed by atoms with van der Waals surface area (Å²) in [5.74, 6) is -0.697. The molecule has 3 aromatic heterocycles. The molecule has 15 heteroatoms. The van der Waals surface area contributed by atoms with Crippen LogP contribution in [0.15, 0.2) is 42.6 Å². The topological polar surface area (TPSA) is 164 Å². The number of rotatable bonds is 10. The summed E-state index contributed by atoms with van der Waals surface area (Å²) in [5, 5.41) is 7.63. The van der Waals surface area contributed by atoms with Gasteiger partial charge in [0.2, 0.25) is 23.6 Å². The van der Waals surface area contributed by atoms with Gasteiger partial charge in [0, 0.05) is 71.5 Å². The summed E-state index contributed by atoms with van der Waals surface area (Å²) in [6.07, 6.45) is 11.3. The maximum absolute atomic E-state index is 13.0. The Balaban J connectivity index is 0.000000193. The standard InChI is InChI=1S/C22H26N2O4S.C21H25N3O4S.C2H6/c1-2-28-22(27)20-19(16-6-3-4-7-17(16)29-20)23-21(26)14-9-11-15(12-10-14)24-13-5-8-18(24)25;1-2-28-21(27)18-17(15-5-3-11-22-20(15)29-18)23-19(26)13-7-9-14(10-8-13)24-12-4-6-16(24)25;1-2/h3-4,6-7,14-15H,2,5,8-13H2,1H3,(H,23,26);3,5,11,13-14H,2,4,6-10,12H2,1H3,(H,23,26);1-2H3. The monoisotopic (exact) mass is 859 g/mol. The minimum absolute atomic E-state index is 0.0506. The van der Waals surface area contributed by atoms with Gasteiger partial charge in [-0.05, 0) is 96.3 Å². The molecule has 322 valence electrons. The zero-order valence-electron chi connectivity index (χ0n) is 35.1. The Labute approximate surface area is 359 Å². The van der Waals surface area contributed by atoms with Gasteiger partial charge >= 0.3 is 11.9 Å². The normalized spacial score (nSPS) is 21.5. The van der Waals surface area contributed by atoms with E-state index in [-0.39, 0.29) is 54.2 Å². The zero-order valence-corrected chi connectivity index (χ0v) is 36.7. The molecule has 0 bridgehead atoms. The Morgan fingerprint density at radius 3 is 1.62 bits per heavy atom. The smallest absolute Gasteiger partial charge is 0.350 e. The van der Waals surface area contributed by atoms with Crippen molar-refractivity contribution in [1.82, 2.24) is 14.8 Å². The van der Waals surface area contributed by atoms with Crippen LogP contribution in [0.4, 0.5) is 11.4 Å². The maximum Gasteiger partial charge on any atom is 0.350 e. The lowest BCUT2D eigenvalue weighted by Crippen LogP contribution is -2.40. The van der Waals surface area contributed by atoms with Crippen LogP contribution in [-0.4, -0.2) is 88.7 Å². The first kappa shape index (κ1) is 44.7. The molecule has 13 nitrogen and oxygen atoms in total. The van der Waals surface area contributed by atoms with Crippen LogP contribution in [0.1, 0.15) is 124 Å². The van der Waals surface area contributed by atoms with Crippen molar-refractivity contribution in [2.45, 2.75) is 117 Å². The molecule has 5 heterocycles. The van der Waals surface area contributed by atoms with Gasteiger partial charge in [0.15, 0.2) is 0 Å². The molecule has 0 atom stereocenters. The molecule has 8 rings (SSSR count). The van der Waals surface area contributed by atoms with Crippen molar-refractivity contribution in [2.24, 2.45) is 11.8 Å². The molecule has 0 radical (unpaired) electrons. The highest BCUT2D eigenvalue weighted by molar-refractivity contribution is 7.21. The van der Waals surface area contributed by atoms with Crippen LogP contribution in [0, 0.1) is 11.8 Å². The molecule has 2 aliphatic carbocycles. The van der Waals surface area contributed by atoms with Crippen molar-refractivity contribution in [3.63, 3.8) is 0 Å². The van der Waals surface area contributed by atoms with Crippen molar-refractivity contribution in [1.29, 1.82) is 0 Å². The van der Waals surface area contributed by atoms with E-state index in [1.807, 2.05) is 54.0 Å². The minimum Gasteiger partial charge on any atom is -0.462 e. The first-order valence-corrected chi connectivity index (χ1v) is 23.2. The zero-order chi connectivity index (χ0) is 42.8. The number of esters is 2. The first-order chi connectivity index (χ1) is 29.2. The summed E-state index contributed by atoms with van der Waals surface area (Å²) in [6, 6.07) is 11.8. The van der Waals surface area contributed by atoms with Crippen LogP contribution in [-0.2, 0) is 28.7 Å². The Morgan fingerprint density at radius 1 is 0.667 bits per heavy atom. The number of thiophene rings is 2. The van der Waals surface area contributed by atoms with Crippen LogP contribution in [0.5, 0.6) is 0 Å². The lowest BCUT2D eigenvalue weighted by atomic mass is 9.84. The third-order valence-electron chi connectivity index (χ3n) is 11.7. The number of nitrogens with one attached hydrogen (secondary N) is 2. The van der Waals surface area contributed by atoms with Gasteiger partial charge in [-0.15, -0.1) is 22.7 Å². The van der Waals surface area contributed by atoms with E-state index in [0.29, 0.717) is 45.4 Å². The van der Waals surface area contributed by atoms with Crippen molar-refractivity contribution >= 4 is 89.9 Å². The molecular weight excluding hydrogens is 803 g/mol. The molecule has 4 fully saturated rings. The van der Waals surface area contributed by atoms with Crippen LogP contribution < -0.4 is 10.6 Å². The predicted octanol–water partition coefficient (Wildman–Crippen LogP) is 8.82. The van der Waals surface area contributed by atoms with Crippen molar-refractivity contribution in [3.05, 3.63) is 52.3 Å². The van der Waals surface area contributed by atoms with Gasteiger partial charge < -0.3 is 29.9 Å². The fourth-order valence-corrected chi connectivity index (χ4v) is 10.8.